The highest BCUT2D eigenvalue weighted by atomic mass is 35.5. The molecule has 1 aliphatic heterocycles. The summed E-state index contributed by atoms with van der Waals surface area (Å²) in [6, 6.07) is 0. The average molecular weight is 217 g/mol. The van der Waals surface area contributed by atoms with Gasteiger partial charge in [-0.1, -0.05) is 0 Å². The highest BCUT2D eigenvalue weighted by molar-refractivity contribution is 5.85. The normalized spacial score (nSPS) is 17.1. The van der Waals surface area contributed by atoms with E-state index in [0.29, 0.717) is 0 Å². The minimum Gasteiger partial charge on any atom is -0.373 e. The van der Waals surface area contributed by atoms with Gasteiger partial charge in [0.1, 0.15) is 0 Å². The van der Waals surface area contributed by atoms with Crippen LogP contribution in [0.15, 0.2) is 0 Å². The van der Waals surface area contributed by atoms with Crippen molar-refractivity contribution in [3.05, 3.63) is 0 Å². The fourth-order valence-electron chi connectivity index (χ4n) is 1.15. The molecule has 1 saturated heterocycles. The number of hydrogen-bond donors (Lipinski definition) is 2. The van der Waals surface area contributed by atoms with Gasteiger partial charge in [0.05, 0.1) is 5.92 Å². The number of carbonyl (C=O) groups excluding carboxylic acids is 1. The Bertz CT molecular complexity index is 129. The summed E-state index contributed by atoms with van der Waals surface area (Å²) in [5.74, 6) is 4.48. The number of nitrogens with one attached hydrogen (secondary N) is 1. The third-order valence-corrected chi connectivity index (χ3v) is 1.79. The van der Waals surface area contributed by atoms with Crippen LogP contribution in [0.4, 0.5) is 0 Å². The predicted octanol–water partition coefficient (Wildman–Crippen LogP) is 0.246. The third kappa shape index (κ3) is 4.11. The molecule has 1 fully saturated rings. The first-order valence-electron chi connectivity index (χ1n) is 3.46. The lowest BCUT2D eigenvalue weighted by Crippen LogP contribution is -2.33. The van der Waals surface area contributed by atoms with E-state index in [4.69, 9.17) is 5.90 Å². The van der Waals surface area contributed by atoms with Crippen LogP contribution in [0.25, 0.3) is 0 Å². The van der Waals surface area contributed by atoms with Crippen LogP contribution in [0, 0.1) is 5.92 Å². The summed E-state index contributed by atoms with van der Waals surface area (Å²) < 4.78 is 0. The summed E-state index contributed by atoms with van der Waals surface area (Å²) in [7, 11) is 0. The molecule has 12 heavy (non-hydrogen) atoms. The molecule has 1 aliphatic rings. The molecule has 0 saturated carbocycles. The molecule has 0 aliphatic carbocycles. The Morgan fingerprint density at radius 2 is 1.83 bits per heavy atom. The highest BCUT2D eigenvalue weighted by Gasteiger charge is 2.21. The fourth-order valence-corrected chi connectivity index (χ4v) is 1.15. The molecule has 1 rings (SSSR count). The Hall–Kier alpha value is -0.0300. The maximum Gasteiger partial charge on any atom is 0.327 e. The van der Waals surface area contributed by atoms with Crippen molar-refractivity contribution in [3.63, 3.8) is 0 Å². The molecular formula is C6H14Cl2N2O2. The molecule has 4 nitrogen and oxygen atoms in total. The van der Waals surface area contributed by atoms with E-state index in [0.717, 1.165) is 25.9 Å². The number of halogens is 2. The number of hydrogen-bond acceptors (Lipinski definition) is 4. The molecule has 0 aromatic carbocycles. The van der Waals surface area contributed by atoms with E-state index in [1.165, 1.54) is 0 Å². The summed E-state index contributed by atoms with van der Waals surface area (Å²) >= 11 is 0. The quantitative estimate of drug-likeness (QED) is 0.618. The monoisotopic (exact) mass is 216 g/mol. The lowest BCUT2D eigenvalue weighted by atomic mass is 9.99. The van der Waals surface area contributed by atoms with Crippen molar-refractivity contribution in [2.75, 3.05) is 13.1 Å². The molecule has 0 atom stereocenters. The molecule has 0 spiro atoms. The van der Waals surface area contributed by atoms with Crippen molar-refractivity contribution in [1.29, 1.82) is 0 Å². The van der Waals surface area contributed by atoms with Crippen LogP contribution in [0.2, 0.25) is 0 Å². The molecule has 0 radical (unpaired) electrons. The maximum atomic E-state index is 10.8. The largest absolute Gasteiger partial charge is 0.373 e. The molecule has 3 N–H and O–H groups in total. The van der Waals surface area contributed by atoms with E-state index in [1.807, 2.05) is 0 Å². The van der Waals surface area contributed by atoms with E-state index >= 15 is 0 Å². The van der Waals surface area contributed by atoms with Crippen molar-refractivity contribution in [2.45, 2.75) is 12.8 Å². The van der Waals surface area contributed by atoms with E-state index in [2.05, 4.69) is 10.2 Å². The molecule has 6 heteroatoms. The van der Waals surface area contributed by atoms with Gasteiger partial charge >= 0.3 is 5.97 Å². The molecular weight excluding hydrogens is 203 g/mol. The van der Waals surface area contributed by atoms with Gasteiger partial charge in [-0.25, -0.2) is 0 Å². The smallest absolute Gasteiger partial charge is 0.327 e. The Kier molecular flexibility index (Phi) is 9.19. The highest BCUT2D eigenvalue weighted by Crippen LogP contribution is 2.11. The number of carbonyl (C=O) groups is 1. The molecule has 1 heterocycles. The second kappa shape index (κ2) is 7.61. The zero-order valence-electron chi connectivity index (χ0n) is 6.62. The van der Waals surface area contributed by atoms with Gasteiger partial charge in [-0.2, -0.15) is 5.90 Å². The van der Waals surface area contributed by atoms with Crippen LogP contribution < -0.4 is 11.2 Å². The topological polar surface area (TPSA) is 64.3 Å². The van der Waals surface area contributed by atoms with Crippen LogP contribution in [-0.4, -0.2) is 19.1 Å². The van der Waals surface area contributed by atoms with Crippen LogP contribution >= 0.6 is 24.8 Å². The van der Waals surface area contributed by atoms with Crippen LogP contribution in [0.3, 0.4) is 0 Å². The van der Waals surface area contributed by atoms with E-state index in [-0.39, 0.29) is 36.7 Å². The second-order valence-electron chi connectivity index (χ2n) is 2.46. The third-order valence-electron chi connectivity index (χ3n) is 1.79. The number of rotatable bonds is 1. The first-order valence-corrected chi connectivity index (χ1v) is 3.46. The van der Waals surface area contributed by atoms with Crippen LogP contribution in [-0.2, 0) is 9.63 Å². The zero-order chi connectivity index (χ0) is 7.40. The van der Waals surface area contributed by atoms with Crippen LogP contribution in [0.1, 0.15) is 12.8 Å². The minimum absolute atomic E-state index is 0. The van der Waals surface area contributed by atoms with E-state index in [1.54, 1.807) is 0 Å². The first kappa shape index (κ1) is 14.5. The molecule has 0 bridgehead atoms. The van der Waals surface area contributed by atoms with Gasteiger partial charge in [0.15, 0.2) is 0 Å². The molecule has 0 aromatic heterocycles. The summed E-state index contributed by atoms with van der Waals surface area (Å²) in [6.45, 7) is 1.78. The minimum atomic E-state index is -0.276. The summed E-state index contributed by atoms with van der Waals surface area (Å²) in [4.78, 5) is 14.9. The Balaban J connectivity index is 0. The summed E-state index contributed by atoms with van der Waals surface area (Å²) in [5, 5.41) is 3.15. The van der Waals surface area contributed by atoms with Gasteiger partial charge in [-0.05, 0) is 25.9 Å². The van der Waals surface area contributed by atoms with E-state index < -0.39 is 0 Å². The molecule has 0 unspecified atom stereocenters. The molecule has 0 amide bonds. The molecule has 0 aromatic rings. The van der Waals surface area contributed by atoms with Gasteiger partial charge in [0.25, 0.3) is 0 Å². The Labute approximate surface area is 84.0 Å². The zero-order valence-corrected chi connectivity index (χ0v) is 8.25. The molecule has 74 valence electrons. The van der Waals surface area contributed by atoms with Gasteiger partial charge < -0.3 is 10.2 Å². The van der Waals surface area contributed by atoms with Gasteiger partial charge in [0, 0.05) is 0 Å². The number of piperidine rings is 1. The summed E-state index contributed by atoms with van der Waals surface area (Å²) in [6.07, 6.45) is 1.69. The number of nitrogens with two attached hydrogens (primary N) is 1. The van der Waals surface area contributed by atoms with Crippen LogP contribution in [0.5, 0.6) is 0 Å². The van der Waals surface area contributed by atoms with Crippen molar-refractivity contribution in [2.24, 2.45) is 11.8 Å². The summed E-state index contributed by atoms with van der Waals surface area (Å²) in [5.41, 5.74) is 0. The van der Waals surface area contributed by atoms with Crippen molar-refractivity contribution in [1.82, 2.24) is 5.32 Å². The standard InChI is InChI=1S/C6H12N2O2.2ClH/c7-10-6(9)5-1-3-8-4-2-5;;/h5,8H,1-4,7H2;2*1H. The van der Waals surface area contributed by atoms with Gasteiger partial charge in [0.2, 0.25) is 0 Å². The lowest BCUT2D eigenvalue weighted by Gasteiger charge is -2.19. The van der Waals surface area contributed by atoms with Crippen molar-refractivity contribution in [3.8, 4) is 0 Å². The van der Waals surface area contributed by atoms with Gasteiger partial charge in [-0.3, -0.25) is 4.79 Å². The first-order chi connectivity index (χ1) is 4.84. The SMILES string of the molecule is Cl.Cl.NOC(=O)C1CCNCC1. The fraction of sp³-hybridized carbons (Fsp3) is 0.833. The maximum absolute atomic E-state index is 10.8. The van der Waals surface area contributed by atoms with Crippen molar-refractivity contribution >= 4 is 30.8 Å². The predicted molar refractivity (Wildman–Crippen MR) is 50.4 cm³/mol. The van der Waals surface area contributed by atoms with Gasteiger partial charge in [-0.15, -0.1) is 24.8 Å². The van der Waals surface area contributed by atoms with Crippen molar-refractivity contribution < 1.29 is 9.63 Å². The lowest BCUT2D eigenvalue weighted by molar-refractivity contribution is -0.149. The Morgan fingerprint density at radius 1 is 1.33 bits per heavy atom. The Morgan fingerprint density at radius 3 is 2.25 bits per heavy atom. The second-order valence-corrected chi connectivity index (χ2v) is 2.46. The van der Waals surface area contributed by atoms with E-state index in [9.17, 15) is 4.79 Å². The average Bonchev–Trinajstić information content (AvgIpc) is 2.05.